The molecule has 1 atom stereocenters. The Kier molecular flexibility index (Phi) is 5.25. The van der Waals surface area contributed by atoms with Gasteiger partial charge in [-0.25, -0.2) is 0 Å². The second-order valence-electron chi connectivity index (χ2n) is 4.37. The van der Waals surface area contributed by atoms with E-state index in [0.717, 1.165) is 18.5 Å². The summed E-state index contributed by atoms with van der Waals surface area (Å²) in [5.74, 6) is 0.895. The van der Waals surface area contributed by atoms with E-state index in [1.54, 1.807) is 20.1 Å². The van der Waals surface area contributed by atoms with Crippen molar-refractivity contribution in [2.45, 2.75) is 26.0 Å². The van der Waals surface area contributed by atoms with Gasteiger partial charge in [0.2, 0.25) is 0 Å². The molecule has 0 aliphatic rings. The Hall–Kier alpha value is -1.26. The molecule has 0 saturated carbocycles. The first-order valence-corrected chi connectivity index (χ1v) is 5.75. The lowest BCUT2D eigenvalue weighted by Gasteiger charge is -2.18. The summed E-state index contributed by atoms with van der Waals surface area (Å²) in [5, 5.41) is 19.0. The standard InChI is InChI=1S/C13H21NO3/c1-10(15)6-7-14(2)9-11-4-5-12(17-3)8-13(11)16/h4-5,8,10,15-16H,6-7,9H2,1-3H3. The molecule has 0 aliphatic heterocycles. The summed E-state index contributed by atoms with van der Waals surface area (Å²) in [4.78, 5) is 2.06. The maximum absolute atomic E-state index is 9.79. The molecule has 4 heteroatoms. The average Bonchev–Trinajstić information content (AvgIpc) is 2.29. The lowest BCUT2D eigenvalue weighted by molar-refractivity contribution is 0.162. The van der Waals surface area contributed by atoms with Gasteiger partial charge < -0.3 is 19.8 Å². The molecule has 1 aromatic rings. The lowest BCUT2D eigenvalue weighted by atomic mass is 10.1. The van der Waals surface area contributed by atoms with E-state index >= 15 is 0 Å². The summed E-state index contributed by atoms with van der Waals surface area (Å²) < 4.78 is 5.03. The van der Waals surface area contributed by atoms with Crippen molar-refractivity contribution in [3.63, 3.8) is 0 Å². The molecule has 0 saturated heterocycles. The van der Waals surface area contributed by atoms with Crippen LogP contribution >= 0.6 is 0 Å². The molecule has 0 amide bonds. The molecule has 1 aromatic carbocycles. The predicted octanol–water partition coefficient (Wildman–Crippen LogP) is 1.60. The third-order valence-electron chi connectivity index (χ3n) is 2.66. The molecule has 0 aliphatic carbocycles. The van der Waals surface area contributed by atoms with E-state index in [0.29, 0.717) is 12.3 Å². The van der Waals surface area contributed by atoms with Crippen LogP contribution in [0, 0.1) is 0 Å². The number of hydrogen-bond donors (Lipinski definition) is 2. The second-order valence-corrected chi connectivity index (χ2v) is 4.37. The molecular weight excluding hydrogens is 218 g/mol. The van der Waals surface area contributed by atoms with Gasteiger partial charge in [-0.3, -0.25) is 0 Å². The average molecular weight is 239 g/mol. The summed E-state index contributed by atoms with van der Waals surface area (Å²) >= 11 is 0. The van der Waals surface area contributed by atoms with E-state index < -0.39 is 0 Å². The molecule has 0 heterocycles. The van der Waals surface area contributed by atoms with Crippen molar-refractivity contribution in [1.82, 2.24) is 4.90 Å². The number of ether oxygens (including phenoxy) is 1. The number of hydrogen-bond acceptors (Lipinski definition) is 4. The fourth-order valence-electron chi connectivity index (χ4n) is 1.58. The van der Waals surface area contributed by atoms with E-state index in [9.17, 15) is 10.2 Å². The van der Waals surface area contributed by atoms with E-state index in [4.69, 9.17) is 4.74 Å². The van der Waals surface area contributed by atoms with Crippen molar-refractivity contribution >= 4 is 0 Å². The van der Waals surface area contributed by atoms with Crippen molar-refractivity contribution in [3.8, 4) is 11.5 Å². The first-order valence-electron chi connectivity index (χ1n) is 5.75. The van der Waals surface area contributed by atoms with Crippen LogP contribution in [0.2, 0.25) is 0 Å². The molecule has 0 spiro atoms. The van der Waals surface area contributed by atoms with E-state index in [1.807, 2.05) is 19.2 Å². The van der Waals surface area contributed by atoms with Crippen LogP contribution in [-0.2, 0) is 6.54 Å². The predicted molar refractivity (Wildman–Crippen MR) is 67.3 cm³/mol. The Bertz CT molecular complexity index is 353. The molecule has 2 N–H and O–H groups in total. The SMILES string of the molecule is COc1ccc(CN(C)CCC(C)O)c(O)c1. The number of nitrogens with zero attached hydrogens (tertiary/aromatic N) is 1. The number of aromatic hydroxyl groups is 1. The van der Waals surface area contributed by atoms with Gasteiger partial charge in [0, 0.05) is 24.7 Å². The summed E-state index contributed by atoms with van der Waals surface area (Å²) in [6, 6.07) is 5.29. The van der Waals surface area contributed by atoms with Gasteiger partial charge in [0.05, 0.1) is 13.2 Å². The summed E-state index contributed by atoms with van der Waals surface area (Å²) in [6.07, 6.45) is 0.440. The Labute approximate surface area is 102 Å². The zero-order valence-corrected chi connectivity index (χ0v) is 10.7. The third-order valence-corrected chi connectivity index (χ3v) is 2.66. The minimum absolute atomic E-state index is 0.244. The fourth-order valence-corrected chi connectivity index (χ4v) is 1.58. The van der Waals surface area contributed by atoms with Crippen LogP contribution in [0.15, 0.2) is 18.2 Å². The van der Waals surface area contributed by atoms with Gasteiger partial charge in [0.1, 0.15) is 11.5 Å². The number of aliphatic hydroxyl groups excluding tert-OH is 1. The first kappa shape index (κ1) is 13.8. The van der Waals surface area contributed by atoms with Gasteiger partial charge in [-0.1, -0.05) is 6.07 Å². The molecule has 0 radical (unpaired) electrons. The molecule has 1 unspecified atom stereocenters. The zero-order valence-electron chi connectivity index (χ0n) is 10.7. The summed E-state index contributed by atoms with van der Waals surface area (Å²) in [5.41, 5.74) is 0.860. The molecule has 0 aromatic heterocycles. The maximum Gasteiger partial charge on any atom is 0.123 e. The molecule has 0 fully saturated rings. The summed E-state index contributed by atoms with van der Waals surface area (Å²) in [7, 11) is 3.54. The Morgan fingerprint density at radius 1 is 1.41 bits per heavy atom. The van der Waals surface area contributed by atoms with Crippen molar-refractivity contribution in [1.29, 1.82) is 0 Å². The van der Waals surface area contributed by atoms with Gasteiger partial charge in [0.25, 0.3) is 0 Å². The highest BCUT2D eigenvalue weighted by Gasteiger charge is 2.07. The van der Waals surface area contributed by atoms with Crippen molar-refractivity contribution < 1.29 is 14.9 Å². The monoisotopic (exact) mass is 239 g/mol. The smallest absolute Gasteiger partial charge is 0.123 e. The van der Waals surface area contributed by atoms with Crippen LogP contribution in [0.5, 0.6) is 11.5 Å². The summed E-state index contributed by atoms with van der Waals surface area (Å²) in [6.45, 7) is 3.23. The Balaban J connectivity index is 2.56. The van der Waals surface area contributed by atoms with Gasteiger partial charge in [-0.2, -0.15) is 0 Å². The topological polar surface area (TPSA) is 52.9 Å². The van der Waals surface area contributed by atoms with Crippen LogP contribution in [-0.4, -0.2) is 41.9 Å². The van der Waals surface area contributed by atoms with E-state index in [-0.39, 0.29) is 11.9 Å². The highest BCUT2D eigenvalue weighted by molar-refractivity contribution is 5.39. The van der Waals surface area contributed by atoms with Crippen LogP contribution in [0.4, 0.5) is 0 Å². The fraction of sp³-hybridized carbons (Fsp3) is 0.538. The maximum atomic E-state index is 9.79. The first-order chi connectivity index (χ1) is 8.02. The Morgan fingerprint density at radius 2 is 2.12 bits per heavy atom. The molecule has 0 bridgehead atoms. The molecular formula is C13H21NO3. The number of aliphatic hydroxyl groups is 1. The normalized spacial score (nSPS) is 12.8. The van der Waals surface area contributed by atoms with Crippen molar-refractivity contribution in [2.24, 2.45) is 0 Å². The lowest BCUT2D eigenvalue weighted by Crippen LogP contribution is -2.22. The highest BCUT2D eigenvalue weighted by atomic mass is 16.5. The van der Waals surface area contributed by atoms with E-state index in [2.05, 4.69) is 4.90 Å². The van der Waals surface area contributed by atoms with Crippen LogP contribution in [0.1, 0.15) is 18.9 Å². The van der Waals surface area contributed by atoms with Gasteiger partial charge in [-0.05, 0) is 26.5 Å². The third kappa shape index (κ3) is 4.63. The zero-order chi connectivity index (χ0) is 12.8. The quantitative estimate of drug-likeness (QED) is 0.792. The number of rotatable bonds is 6. The van der Waals surface area contributed by atoms with Gasteiger partial charge >= 0.3 is 0 Å². The van der Waals surface area contributed by atoms with Crippen molar-refractivity contribution in [3.05, 3.63) is 23.8 Å². The number of phenolic OH excluding ortho intramolecular Hbond substituents is 1. The molecule has 4 nitrogen and oxygen atoms in total. The van der Waals surface area contributed by atoms with Gasteiger partial charge in [0.15, 0.2) is 0 Å². The second kappa shape index (κ2) is 6.47. The molecule has 96 valence electrons. The van der Waals surface area contributed by atoms with Crippen LogP contribution in [0.25, 0.3) is 0 Å². The van der Waals surface area contributed by atoms with Crippen LogP contribution < -0.4 is 4.74 Å². The van der Waals surface area contributed by atoms with E-state index in [1.165, 1.54) is 0 Å². The Morgan fingerprint density at radius 3 is 2.65 bits per heavy atom. The highest BCUT2D eigenvalue weighted by Crippen LogP contribution is 2.24. The van der Waals surface area contributed by atoms with Gasteiger partial charge in [-0.15, -0.1) is 0 Å². The number of methoxy groups -OCH3 is 1. The number of benzene rings is 1. The number of phenols is 1. The molecule has 1 rings (SSSR count). The minimum atomic E-state index is -0.290. The molecule has 17 heavy (non-hydrogen) atoms. The minimum Gasteiger partial charge on any atom is -0.507 e. The van der Waals surface area contributed by atoms with Crippen LogP contribution in [0.3, 0.4) is 0 Å². The van der Waals surface area contributed by atoms with Crippen molar-refractivity contribution in [2.75, 3.05) is 20.7 Å². The largest absolute Gasteiger partial charge is 0.507 e.